The Balaban J connectivity index is 1.11. The Hall–Kier alpha value is -7.83. The average Bonchev–Trinajstić information content (AvgIpc) is 3.98. The number of esters is 5. The van der Waals surface area contributed by atoms with Crippen LogP contribution in [0.5, 0.6) is 17.2 Å². The number of amides is 2. The lowest BCUT2D eigenvalue weighted by Crippen LogP contribution is -2.64. The zero-order chi connectivity index (χ0) is 52.5. The minimum Gasteiger partial charge on any atom is -0.467 e. The van der Waals surface area contributed by atoms with Gasteiger partial charge >= 0.3 is 35.9 Å². The van der Waals surface area contributed by atoms with Crippen LogP contribution in [0.3, 0.4) is 0 Å². The van der Waals surface area contributed by atoms with Gasteiger partial charge in [0, 0.05) is 56.3 Å². The Morgan fingerprint density at radius 3 is 2.33 bits per heavy atom. The third-order valence-corrected chi connectivity index (χ3v) is 12.6. The van der Waals surface area contributed by atoms with Crippen molar-refractivity contribution in [1.29, 1.82) is 0 Å². The van der Waals surface area contributed by atoms with E-state index in [2.05, 4.69) is 10.6 Å². The van der Waals surface area contributed by atoms with E-state index in [0.717, 1.165) is 39.9 Å². The second-order valence-corrected chi connectivity index (χ2v) is 17.4. The van der Waals surface area contributed by atoms with Crippen LogP contribution in [0.15, 0.2) is 35.1 Å². The van der Waals surface area contributed by atoms with Gasteiger partial charge in [-0.15, -0.1) is 0 Å². The standard InChI is InChI=1S/C49H53N5O19/c1-7-9-10-26-27-18-54-32(16-29-28(44(54)59)20-65-47(61)49(29,63)8-2)37(27)52-31-17-34-39(68-21-67-34)38(36(26)31)53-48(62)66-19-25-11-12-33(30(15-25)51-35(58)13-14-50)72-46-43(71-24(5)57)41(70-23(4)56)40(69-22(3)55)42(73-46)45(60)64-6/h11-12,15-17,40-43,46,63H,7-10,13-14,18-21,50H2,1-6H3,(H,51,58)(H,53,62)/t40-,41-,42-,43+,46+,49-/m0/s1. The molecule has 4 aliphatic heterocycles. The van der Waals surface area contributed by atoms with Crippen molar-refractivity contribution in [3.8, 4) is 28.6 Å². The van der Waals surface area contributed by atoms with Gasteiger partial charge in [-0.25, -0.2) is 19.4 Å². The van der Waals surface area contributed by atoms with Gasteiger partial charge in [0.25, 0.3) is 5.56 Å². The highest BCUT2D eigenvalue weighted by atomic mass is 16.7. The highest BCUT2D eigenvalue weighted by Crippen LogP contribution is 2.49. The minimum absolute atomic E-state index is 0.0248. The van der Waals surface area contributed by atoms with E-state index in [1.54, 1.807) is 19.1 Å². The number of benzene rings is 2. The SMILES string of the molecule is CCCCc1c2c(nc3cc4c(c(NC(=O)OCc5ccc(O[C@@H]6O[C@H](C(=O)OC)[C@@H](OC(C)=O)[C@H](OC(C)=O)[C@H]6OC(C)=O)c(NC(=O)CCN)c5)c13)OCO4)-c1cc3c(c(=O)n1C2)COC(=O)[C@]3(O)CC. The fraction of sp³-hybridized carbons (Fsp3) is 0.449. The number of fused-ring (bicyclic) bond motifs is 6. The van der Waals surface area contributed by atoms with Crippen LogP contribution in [-0.2, 0) is 93.7 Å². The molecule has 1 saturated heterocycles. The normalized spacial score (nSPS) is 21.2. The highest BCUT2D eigenvalue weighted by Gasteiger charge is 2.56. The minimum atomic E-state index is -2.03. The van der Waals surface area contributed by atoms with Crippen LogP contribution >= 0.6 is 0 Å². The monoisotopic (exact) mass is 1020 g/mol. The number of anilines is 2. The molecule has 73 heavy (non-hydrogen) atoms. The molecular weight excluding hydrogens is 963 g/mol. The lowest BCUT2D eigenvalue weighted by Gasteiger charge is -2.43. The Bertz CT molecular complexity index is 2990. The molecule has 4 aromatic rings. The number of hydrogen-bond donors (Lipinski definition) is 4. The summed E-state index contributed by atoms with van der Waals surface area (Å²) in [6.45, 7) is 5.96. The van der Waals surface area contributed by atoms with Crippen LogP contribution in [0.1, 0.15) is 88.1 Å². The van der Waals surface area contributed by atoms with E-state index in [-0.39, 0.29) is 79.1 Å². The summed E-state index contributed by atoms with van der Waals surface area (Å²) < 4.78 is 57.4. The number of ether oxygens (including phenoxy) is 10. The summed E-state index contributed by atoms with van der Waals surface area (Å²) in [7, 11) is 1.04. The molecule has 1 fully saturated rings. The number of aryl methyl sites for hydroxylation is 1. The molecule has 0 bridgehead atoms. The van der Waals surface area contributed by atoms with Gasteiger partial charge in [-0.05, 0) is 48.6 Å². The Morgan fingerprint density at radius 2 is 1.64 bits per heavy atom. The third-order valence-electron chi connectivity index (χ3n) is 12.6. The maximum Gasteiger partial charge on any atom is 0.412 e. The molecule has 2 amide bonds. The molecule has 0 saturated carbocycles. The third kappa shape index (κ3) is 10.0. The van der Waals surface area contributed by atoms with E-state index < -0.39 is 90.3 Å². The molecular formula is C49H53N5O19. The average molecular weight is 1020 g/mol. The molecule has 0 unspecified atom stereocenters. The molecule has 0 aliphatic carbocycles. The molecule has 2 aromatic carbocycles. The predicted molar refractivity (Wildman–Crippen MR) is 250 cm³/mol. The number of rotatable bonds is 16. The summed E-state index contributed by atoms with van der Waals surface area (Å²) in [5.74, 6) is -4.81. The van der Waals surface area contributed by atoms with Crippen LogP contribution in [0.25, 0.3) is 22.3 Å². The molecule has 24 nitrogen and oxygen atoms in total. The van der Waals surface area contributed by atoms with Crippen LogP contribution in [-0.4, -0.2) is 108 Å². The van der Waals surface area contributed by atoms with Crippen molar-refractivity contribution in [2.75, 3.05) is 31.1 Å². The van der Waals surface area contributed by atoms with Crippen molar-refractivity contribution in [3.63, 3.8) is 0 Å². The number of unbranched alkanes of at least 4 members (excludes halogenated alkanes) is 1. The van der Waals surface area contributed by atoms with E-state index >= 15 is 0 Å². The van der Waals surface area contributed by atoms with Crippen LogP contribution in [0, 0.1) is 0 Å². The number of nitrogens with two attached hydrogens (primary N) is 1. The lowest BCUT2D eigenvalue weighted by molar-refractivity contribution is -0.282. The first-order valence-corrected chi connectivity index (χ1v) is 23.3. The van der Waals surface area contributed by atoms with E-state index in [1.807, 2.05) is 6.92 Å². The topological polar surface area (TPSA) is 317 Å². The lowest BCUT2D eigenvalue weighted by atomic mass is 9.86. The fourth-order valence-corrected chi connectivity index (χ4v) is 9.24. The number of aromatic nitrogens is 2. The van der Waals surface area contributed by atoms with Gasteiger partial charge in [-0.3, -0.25) is 29.3 Å². The molecule has 24 heteroatoms. The van der Waals surface area contributed by atoms with Gasteiger partial charge in [0.2, 0.25) is 25.1 Å². The number of methoxy groups -OCH3 is 1. The zero-order valence-electron chi connectivity index (χ0n) is 40.6. The molecule has 6 heterocycles. The number of pyridine rings is 2. The highest BCUT2D eigenvalue weighted by molar-refractivity contribution is 6.06. The van der Waals surface area contributed by atoms with E-state index in [9.17, 15) is 43.5 Å². The van der Waals surface area contributed by atoms with Gasteiger partial charge in [-0.2, -0.15) is 0 Å². The largest absolute Gasteiger partial charge is 0.467 e. The summed E-state index contributed by atoms with van der Waals surface area (Å²) in [5.41, 5.74) is 6.72. The Kier molecular flexibility index (Phi) is 14.9. The van der Waals surface area contributed by atoms with Crippen molar-refractivity contribution in [2.45, 2.75) is 123 Å². The van der Waals surface area contributed by atoms with E-state index in [0.29, 0.717) is 46.3 Å². The van der Waals surface area contributed by atoms with Crippen LogP contribution < -0.4 is 36.1 Å². The first-order valence-electron chi connectivity index (χ1n) is 23.3. The summed E-state index contributed by atoms with van der Waals surface area (Å²) >= 11 is 0. The van der Waals surface area contributed by atoms with Crippen molar-refractivity contribution >= 4 is 64.1 Å². The fourth-order valence-electron chi connectivity index (χ4n) is 9.24. The molecule has 8 rings (SSSR count). The molecule has 0 spiro atoms. The Morgan fingerprint density at radius 1 is 0.918 bits per heavy atom. The molecule has 0 radical (unpaired) electrons. The quantitative estimate of drug-likeness (QED) is 0.0814. The number of hydrogen-bond acceptors (Lipinski definition) is 21. The van der Waals surface area contributed by atoms with Gasteiger partial charge in [0.1, 0.15) is 24.7 Å². The Labute approximate surface area is 415 Å². The second-order valence-electron chi connectivity index (χ2n) is 17.4. The van der Waals surface area contributed by atoms with Crippen LogP contribution in [0.2, 0.25) is 0 Å². The smallest absolute Gasteiger partial charge is 0.412 e. The van der Waals surface area contributed by atoms with Gasteiger partial charge in [0.05, 0.1) is 41.8 Å². The number of carbonyl (C=O) groups excluding carboxylic acids is 7. The maximum atomic E-state index is 14.1. The number of nitrogens with one attached hydrogen (secondary N) is 2. The second kappa shape index (κ2) is 21.1. The summed E-state index contributed by atoms with van der Waals surface area (Å²) in [4.78, 5) is 109. The summed E-state index contributed by atoms with van der Waals surface area (Å²) in [6.07, 6.45) is -7.64. The first-order chi connectivity index (χ1) is 34.9. The van der Waals surface area contributed by atoms with Crippen LogP contribution in [0.4, 0.5) is 16.2 Å². The van der Waals surface area contributed by atoms with Gasteiger partial charge in [0.15, 0.2) is 35.4 Å². The summed E-state index contributed by atoms with van der Waals surface area (Å²) in [6, 6.07) is 7.53. The van der Waals surface area contributed by atoms with Crippen molar-refractivity contribution < 1.29 is 86.0 Å². The molecule has 2 aromatic heterocycles. The van der Waals surface area contributed by atoms with Gasteiger partial charge in [-0.1, -0.05) is 26.3 Å². The van der Waals surface area contributed by atoms with E-state index in [4.69, 9.17) is 58.1 Å². The summed E-state index contributed by atoms with van der Waals surface area (Å²) in [5, 5.41) is 17.5. The molecule has 388 valence electrons. The number of nitrogens with zero attached hydrogens (tertiary/aromatic N) is 2. The zero-order valence-corrected chi connectivity index (χ0v) is 40.6. The predicted octanol–water partition coefficient (Wildman–Crippen LogP) is 3.26. The maximum absolute atomic E-state index is 14.1. The molecule has 4 aliphatic rings. The van der Waals surface area contributed by atoms with E-state index in [1.165, 1.54) is 22.8 Å². The van der Waals surface area contributed by atoms with Crippen molar-refractivity contribution in [1.82, 2.24) is 9.55 Å². The number of carbonyl (C=O) groups is 7. The van der Waals surface area contributed by atoms with Crippen molar-refractivity contribution in [3.05, 3.63) is 68.5 Å². The van der Waals surface area contributed by atoms with Crippen molar-refractivity contribution in [2.24, 2.45) is 5.73 Å². The number of aliphatic hydroxyl groups is 1. The number of cyclic esters (lactones) is 1. The molecule has 5 N–H and O–H groups in total. The van der Waals surface area contributed by atoms with Gasteiger partial charge < -0.3 is 68.1 Å². The first kappa shape index (κ1) is 51.5. The molecule has 6 atom stereocenters.